The first-order valence-corrected chi connectivity index (χ1v) is 7.82. The number of aryl methyl sites for hydroxylation is 2. The Kier molecular flexibility index (Phi) is 7.54. The molecular formula is C15H27NS. The molecule has 0 spiro atoms. The average molecular weight is 253 g/mol. The van der Waals surface area contributed by atoms with E-state index in [0.29, 0.717) is 0 Å². The van der Waals surface area contributed by atoms with Gasteiger partial charge in [0, 0.05) is 4.88 Å². The maximum Gasteiger partial charge on any atom is 0.00743 e. The van der Waals surface area contributed by atoms with Gasteiger partial charge in [-0.05, 0) is 62.2 Å². The van der Waals surface area contributed by atoms with E-state index in [4.69, 9.17) is 0 Å². The van der Waals surface area contributed by atoms with Gasteiger partial charge in [-0.15, -0.1) is 11.3 Å². The number of rotatable bonds is 9. The maximum absolute atomic E-state index is 3.50. The number of hydrogen-bond donors (Lipinski definition) is 1. The van der Waals surface area contributed by atoms with Crippen molar-refractivity contribution in [2.24, 2.45) is 5.92 Å². The molecule has 0 aliphatic carbocycles. The highest BCUT2D eigenvalue weighted by Gasteiger charge is 1.99. The highest BCUT2D eigenvalue weighted by atomic mass is 32.1. The molecule has 98 valence electrons. The summed E-state index contributed by atoms with van der Waals surface area (Å²) in [6.07, 6.45) is 6.71. The summed E-state index contributed by atoms with van der Waals surface area (Å²) in [7, 11) is 0. The minimum absolute atomic E-state index is 0.775. The fraction of sp³-hybridized carbons (Fsp3) is 0.733. The normalized spacial score (nSPS) is 11.3. The Morgan fingerprint density at radius 1 is 1.18 bits per heavy atom. The Morgan fingerprint density at radius 2 is 1.94 bits per heavy atom. The van der Waals surface area contributed by atoms with Gasteiger partial charge in [0.05, 0.1) is 0 Å². The molecule has 2 heteroatoms. The molecule has 1 aromatic rings. The van der Waals surface area contributed by atoms with Crippen molar-refractivity contribution in [2.75, 3.05) is 13.1 Å². The lowest BCUT2D eigenvalue weighted by atomic mass is 10.1. The van der Waals surface area contributed by atoms with E-state index >= 15 is 0 Å². The van der Waals surface area contributed by atoms with Crippen molar-refractivity contribution in [3.8, 4) is 0 Å². The molecule has 0 aliphatic heterocycles. The summed E-state index contributed by atoms with van der Waals surface area (Å²) < 4.78 is 0. The molecule has 1 nitrogen and oxygen atoms in total. The third-order valence-electron chi connectivity index (χ3n) is 3.03. The van der Waals surface area contributed by atoms with Crippen LogP contribution in [0.25, 0.3) is 0 Å². The van der Waals surface area contributed by atoms with Gasteiger partial charge in [0.15, 0.2) is 0 Å². The van der Waals surface area contributed by atoms with Crippen LogP contribution in [-0.4, -0.2) is 13.1 Å². The fourth-order valence-corrected chi connectivity index (χ4v) is 2.89. The lowest BCUT2D eigenvalue weighted by molar-refractivity contribution is 0.526. The predicted molar refractivity (Wildman–Crippen MR) is 78.9 cm³/mol. The summed E-state index contributed by atoms with van der Waals surface area (Å²) in [6.45, 7) is 9.10. The second-order valence-electron chi connectivity index (χ2n) is 5.29. The summed E-state index contributed by atoms with van der Waals surface area (Å²) in [6, 6.07) is 2.23. The molecule has 1 aromatic heterocycles. The number of thiophene rings is 1. The molecule has 1 N–H and O–H groups in total. The molecule has 1 rings (SSSR count). The van der Waals surface area contributed by atoms with E-state index in [1.54, 1.807) is 4.88 Å². The van der Waals surface area contributed by atoms with Crippen LogP contribution in [-0.2, 0) is 6.42 Å². The smallest absolute Gasteiger partial charge is 0.00743 e. The number of hydrogen-bond acceptors (Lipinski definition) is 2. The number of unbranched alkanes of at least 4 members (excludes halogenated alkanes) is 3. The minimum Gasteiger partial charge on any atom is -0.316 e. The summed E-state index contributed by atoms with van der Waals surface area (Å²) >= 11 is 1.91. The quantitative estimate of drug-likeness (QED) is 0.643. The van der Waals surface area contributed by atoms with Gasteiger partial charge in [-0.2, -0.15) is 0 Å². The zero-order chi connectivity index (χ0) is 12.5. The van der Waals surface area contributed by atoms with Crippen LogP contribution in [0.15, 0.2) is 11.4 Å². The number of nitrogens with one attached hydrogen (secondary N) is 1. The van der Waals surface area contributed by atoms with Gasteiger partial charge in [0.25, 0.3) is 0 Å². The van der Waals surface area contributed by atoms with E-state index in [2.05, 4.69) is 37.5 Å². The topological polar surface area (TPSA) is 12.0 Å². The Bertz CT molecular complexity index is 291. The van der Waals surface area contributed by atoms with E-state index in [1.807, 2.05) is 11.3 Å². The molecule has 0 saturated carbocycles. The molecule has 1 heterocycles. The lowest BCUT2D eigenvalue weighted by Gasteiger charge is -2.06. The van der Waals surface area contributed by atoms with Gasteiger partial charge in [-0.3, -0.25) is 0 Å². The van der Waals surface area contributed by atoms with Gasteiger partial charge >= 0.3 is 0 Å². The first-order valence-electron chi connectivity index (χ1n) is 6.94. The molecule has 0 bridgehead atoms. The summed E-state index contributed by atoms with van der Waals surface area (Å²) in [4.78, 5) is 1.59. The second-order valence-corrected chi connectivity index (χ2v) is 6.29. The Morgan fingerprint density at radius 3 is 2.59 bits per heavy atom. The molecule has 0 saturated heterocycles. The first-order chi connectivity index (χ1) is 8.20. The van der Waals surface area contributed by atoms with E-state index < -0.39 is 0 Å². The van der Waals surface area contributed by atoms with Crippen molar-refractivity contribution in [3.63, 3.8) is 0 Å². The van der Waals surface area contributed by atoms with Crippen molar-refractivity contribution in [2.45, 2.75) is 52.9 Å². The largest absolute Gasteiger partial charge is 0.316 e. The molecule has 17 heavy (non-hydrogen) atoms. The minimum atomic E-state index is 0.775. The SMILES string of the molecule is Cc1ccsc1CCCCCCNCC(C)C. The van der Waals surface area contributed by atoms with Crippen molar-refractivity contribution in [1.29, 1.82) is 0 Å². The zero-order valence-electron chi connectivity index (χ0n) is 11.6. The van der Waals surface area contributed by atoms with Gasteiger partial charge in [0.1, 0.15) is 0 Å². The van der Waals surface area contributed by atoms with Crippen LogP contribution >= 0.6 is 11.3 Å². The molecule has 0 atom stereocenters. The van der Waals surface area contributed by atoms with Crippen molar-refractivity contribution in [1.82, 2.24) is 5.32 Å². The second kappa shape index (κ2) is 8.71. The van der Waals surface area contributed by atoms with Gasteiger partial charge in [-0.25, -0.2) is 0 Å². The standard InChI is InChI=1S/C15H27NS/c1-13(2)12-16-10-7-5-4-6-8-15-14(3)9-11-17-15/h9,11,13,16H,4-8,10,12H2,1-3H3. The van der Waals surface area contributed by atoms with E-state index in [-0.39, 0.29) is 0 Å². The van der Waals surface area contributed by atoms with Gasteiger partial charge < -0.3 is 5.32 Å². The predicted octanol–water partition coefficient (Wildman–Crippen LogP) is 4.41. The maximum atomic E-state index is 3.50. The highest BCUT2D eigenvalue weighted by molar-refractivity contribution is 7.10. The monoisotopic (exact) mass is 253 g/mol. The van der Waals surface area contributed by atoms with Crippen LogP contribution in [0.2, 0.25) is 0 Å². The van der Waals surface area contributed by atoms with Crippen LogP contribution in [0.4, 0.5) is 0 Å². The van der Waals surface area contributed by atoms with Crippen LogP contribution in [0.5, 0.6) is 0 Å². The van der Waals surface area contributed by atoms with Crippen molar-refractivity contribution in [3.05, 3.63) is 21.9 Å². The average Bonchev–Trinajstić information content (AvgIpc) is 2.68. The molecular weight excluding hydrogens is 226 g/mol. The van der Waals surface area contributed by atoms with Crippen LogP contribution in [0.1, 0.15) is 50.0 Å². The lowest BCUT2D eigenvalue weighted by Crippen LogP contribution is -2.20. The zero-order valence-corrected chi connectivity index (χ0v) is 12.4. The van der Waals surface area contributed by atoms with E-state index in [0.717, 1.165) is 12.5 Å². The van der Waals surface area contributed by atoms with Gasteiger partial charge in [0.2, 0.25) is 0 Å². The Labute approximate surface area is 111 Å². The molecule has 0 fully saturated rings. The van der Waals surface area contributed by atoms with Crippen LogP contribution < -0.4 is 5.32 Å². The van der Waals surface area contributed by atoms with E-state index in [1.165, 1.54) is 44.2 Å². The Balaban J connectivity index is 1.90. The van der Waals surface area contributed by atoms with Gasteiger partial charge in [-0.1, -0.05) is 26.7 Å². The fourth-order valence-electron chi connectivity index (χ4n) is 1.94. The van der Waals surface area contributed by atoms with Crippen LogP contribution in [0, 0.1) is 12.8 Å². The summed E-state index contributed by atoms with van der Waals surface area (Å²) in [5, 5.41) is 5.71. The molecule has 0 aliphatic rings. The van der Waals surface area contributed by atoms with Crippen molar-refractivity contribution >= 4 is 11.3 Å². The third-order valence-corrected chi connectivity index (χ3v) is 4.11. The summed E-state index contributed by atoms with van der Waals surface area (Å²) in [5.74, 6) is 0.775. The van der Waals surface area contributed by atoms with E-state index in [9.17, 15) is 0 Å². The first kappa shape index (κ1) is 14.7. The molecule has 0 amide bonds. The van der Waals surface area contributed by atoms with Crippen LogP contribution in [0.3, 0.4) is 0 Å². The molecule has 0 unspecified atom stereocenters. The Hall–Kier alpha value is -0.340. The summed E-state index contributed by atoms with van der Waals surface area (Å²) in [5.41, 5.74) is 1.48. The highest BCUT2D eigenvalue weighted by Crippen LogP contribution is 2.18. The molecule has 0 aromatic carbocycles. The van der Waals surface area contributed by atoms with Crippen molar-refractivity contribution < 1.29 is 0 Å². The molecule has 0 radical (unpaired) electrons. The third kappa shape index (κ3) is 6.85.